The quantitative estimate of drug-likeness (QED) is 0.0158. The van der Waals surface area contributed by atoms with Crippen LogP contribution in [0.3, 0.4) is 0 Å². The van der Waals surface area contributed by atoms with Gasteiger partial charge in [0.05, 0.1) is 0 Å². The standard InChI is InChI=1S/C112H134N8O4SSe2/c1-7-13-19-25-31-41-71-117-97-77-85(119(81-51-61-87(62-52-81)121-73-43-33-27-21-15-9-3)82-53-63-88(64-54-82)122-74-44-34-28-22-16-10-4)59-69-95(97)111-99(117)79-101(126-111)103-107-108(114-106-94-50-40-38-48-92(94)91-47-37-39-49-93(91)105(106)113-107)104(110-109(103)115-125-116-110)102-80-100-112(127-102)96-70-60-86(78-98(96)118(100)72-42-32-26-20-14-8-2)120(83-55-65-89(66-56-83)123-75-45-35-29-23-17-11-5)84-57-67-90(68-58-84)124-76-46-36-30-24-18-12-6/h37-40,47-70,77-80H,7-36,41-46,71-76H2,1-6H3. The first kappa shape index (κ1) is 90.9. The molecule has 127 heavy (non-hydrogen) atoms. The predicted molar refractivity (Wildman–Crippen MR) is 545 cm³/mol. The molecule has 0 bridgehead atoms. The fourth-order valence-electron chi connectivity index (χ4n) is 19.0. The molecule has 0 N–H and O–H groups in total. The van der Waals surface area contributed by atoms with E-state index in [0.717, 1.165) is 190 Å². The number of ether oxygens (including phenoxy) is 4. The molecule has 0 aliphatic rings. The van der Waals surface area contributed by atoms with Gasteiger partial charge in [-0.05, 0) is 25.7 Å². The SMILES string of the molecule is CCCCCCCCOc1ccc(N(c2ccc(OCCCCCCCC)cc2)c2ccc3c4[se]c(-c5c6nsnc6c(-c6cc7c([se]6)c6ccc(N(c8ccc(OCCCCCCCC)cc8)c8ccc(OCCCCCCCC)cc8)cc6n7CCCCCCCC)c6nc7c8ccccc8c8ccccc8c7nc56)cc4n(CCCCCCCC)c3c2)cc1. The third-order valence-corrected chi connectivity index (χ3v) is 31.4. The van der Waals surface area contributed by atoms with Crippen molar-refractivity contribution in [2.45, 2.75) is 286 Å². The van der Waals surface area contributed by atoms with Gasteiger partial charge in [0.25, 0.3) is 0 Å². The Labute approximate surface area is 771 Å². The van der Waals surface area contributed by atoms with Gasteiger partial charge >= 0.3 is 595 Å². The summed E-state index contributed by atoms with van der Waals surface area (Å²) in [7, 11) is 0. The van der Waals surface area contributed by atoms with E-state index in [1.165, 1.54) is 265 Å². The maximum atomic E-state index is 6.43. The van der Waals surface area contributed by atoms with Crippen LogP contribution in [0.15, 0.2) is 194 Å². The number of aryl methyl sites for hydroxylation is 2. The van der Waals surface area contributed by atoms with Crippen LogP contribution >= 0.6 is 11.7 Å². The van der Waals surface area contributed by atoms with E-state index in [4.69, 9.17) is 37.7 Å². The van der Waals surface area contributed by atoms with E-state index in [1.54, 1.807) is 0 Å². The van der Waals surface area contributed by atoms with Gasteiger partial charge < -0.3 is 0 Å². The zero-order chi connectivity index (χ0) is 86.9. The Bertz CT molecular complexity index is 5690. The fraction of sp³-hybridized carbons (Fsp3) is 0.429. The van der Waals surface area contributed by atoms with Crippen LogP contribution in [0, 0.1) is 0 Å². The predicted octanol–water partition coefficient (Wildman–Crippen LogP) is 33.4. The minimum absolute atomic E-state index is 0.158. The van der Waals surface area contributed by atoms with E-state index in [2.05, 4.69) is 255 Å². The van der Waals surface area contributed by atoms with Crippen LogP contribution in [0.25, 0.3) is 116 Å². The molecule has 16 rings (SSSR count). The average molecular weight is 1850 g/mol. The second kappa shape index (κ2) is 46.2. The molecule has 0 unspecified atom stereocenters. The second-order valence-corrected chi connectivity index (χ2v) is 40.4. The molecule has 0 amide bonds. The van der Waals surface area contributed by atoms with Gasteiger partial charge in [-0.3, -0.25) is 0 Å². The van der Waals surface area contributed by atoms with Crippen molar-refractivity contribution in [1.82, 2.24) is 27.8 Å². The van der Waals surface area contributed by atoms with Crippen LogP contribution in [0.4, 0.5) is 34.1 Å². The van der Waals surface area contributed by atoms with Crippen LogP contribution in [-0.4, -0.2) is 83.3 Å². The number of unbranched alkanes of at least 4 members (excludes halogenated alkanes) is 30. The Morgan fingerprint density at radius 1 is 0.260 bits per heavy atom. The van der Waals surface area contributed by atoms with E-state index in [-0.39, 0.29) is 29.0 Å². The molecule has 6 aromatic heterocycles. The number of aromatic nitrogens is 6. The number of benzene rings is 10. The first-order chi connectivity index (χ1) is 62.8. The summed E-state index contributed by atoms with van der Waals surface area (Å²) in [6.07, 6.45) is 44.1. The third-order valence-electron chi connectivity index (χ3n) is 26.0. The van der Waals surface area contributed by atoms with E-state index in [0.29, 0.717) is 0 Å². The van der Waals surface area contributed by atoms with Crippen molar-refractivity contribution in [1.29, 1.82) is 0 Å². The summed E-state index contributed by atoms with van der Waals surface area (Å²) in [4.78, 5) is 17.1. The molecule has 0 saturated heterocycles. The second-order valence-electron chi connectivity index (χ2n) is 35.4. The number of hydrogen-bond donors (Lipinski definition) is 0. The molecule has 0 aliphatic heterocycles. The first-order valence-corrected chi connectivity index (χ1v) is 53.3. The van der Waals surface area contributed by atoms with E-state index in [9.17, 15) is 0 Å². The van der Waals surface area contributed by atoms with Crippen LogP contribution < -0.4 is 28.7 Å². The topological polar surface area (TPSA) is 105 Å². The molecule has 0 atom stereocenters. The molecule has 0 saturated carbocycles. The van der Waals surface area contributed by atoms with Crippen molar-refractivity contribution in [2.24, 2.45) is 0 Å². The molecule has 12 nitrogen and oxygen atoms in total. The molecule has 0 aliphatic carbocycles. The maximum absolute atomic E-state index is 6.43. The average Bonchev–Trinajstić information content (AvgIpc) is 1.61. The Balaban J connectivity index is 0.815. The monoisotopic (exact) mass is 1850 g/mol. The normalized spacial score (nSPS) is 11.9. The zero-order valence-electron chi connectivity index (χ0n) is 76.6. The van der Waals surface area contributed by atoms with Crippen LogP contribution in [-0.2, 0) is 13.1 Å². The van der Waals surface area contributed by atoms with Crippen molar-refractivity contribution < 1.29 is 18.9 Å². The summed E-state index contributed by atoms with van der Waals surface area (Å²) in [5, 5.41) is 7.17. The Morgan fingerprint density at radius 2 is 0.535 bits per heavy atom. The Morgan fingerprint density at radius 3 is 0.843 bits per heavy atom. The summed E-state index contributed by atoms with van der Waals surface area (Å²) in [6.45, 7) is 18.5. The molecule has 0 fully saturated rings. The fourth-order valence-corrected chi connectivity index (χ4v) is 24.7. The van der Waals surface area contributed by atoms with Gasteiger partial charge in [0.2, 0.25) is 0 Å². The van der Waals surface area contributed by atoms with Crippen LogP contribution in [0.2, 0.25) is 0 Å². The molecule has 0 radical (unpaired) electrons. The van der Waals surface area contributed by atoms with E-state index in [1.807, 2.05) is 0 Å². The van der Waals surface area contributed by atoms with Crippen LogP contribution in [0.5, 0.6) is 23.0 Å². The van der Waals surface area contributed by atoms with Crippen molar-refractivity contribution in [3.63, 3.8) is 0 Å². The van der Waals surface area contributed by atoms with Gasteiger partial charge in [-0.2, -0.15) is 0 Å². The Kier molecular flexibility index (Phi) is 33.0. The summed E-state index contributed by atoms with van der Waals surface area (Å²) < 4.78 is 47.4. The van der Waals surface area contributed by atoms with Crippen molar-refractivity contribution in [2.75, 3.05) is 36.2 Å². The molecule has 6 heterocycles. The molecule has 0 spiro atoms. The molecular formula is C112H134N8O4SSe2. The number of fused-ring (bicyclic) bond motifs is 14. The van der Waals surface area contributed by atoms with Crippen molar-refractivity contribution in [3.8, 4) is 43.0 Å². The van der Waals surface area contributed by atoms with Gasteiger partial charge in [0.1, 0.15) is 0 Å². The van der Waals surface area contributed by atoms with Gasteiger partial charge in [-0.25, -0.2) is 0 Å². The van der Waals surface area contributed by atoms with E-state index >= 15 is 0 Å². The Hall–Kier alpha value is -9.46. The number of hydrogen-bond acceptors (Lipinski definition) is 11. The van der Waals surface area contributed by atoms with Gasteiger partial charge in [0, 0.05) is 0 Å². The molecular weight excluding hydrogens is 1710 g/mol. The van der Waals surface area contributed by atoms with Crippen molar-refractivity contribution in [3.05, 3.63) is 194 Å². The zero-order valence-corrected chi connectivity index (χ0v) is 80.9. The third kappa shape index (κ3) is 21.8. The van der Waals surface area contributed by atoms with Gasteiger partial charge in [-0.15, -0.1) is 0 Å². The van der Waals surface area contributed by atoms with Crippen LogP contribution in [0.1, 0.15) is 273 Å². The number of nitrogens with zero attached hydrogens (tertiary/aromatic N) is 8. The number of rotatable bonds is 54. The summed E-state index contributed by atoms with van der Waals surface area (Å²) >= 11 is 1.01. The molecule has 15 heteroatoms. The minimum atomic E-state index is -0.158. The number of anilines is 6. The summed E-state index contributed by atoms with van der Waals surface area (Å²) in [5.41, 5.74) is 19.3. The molecule has 10 aromatic carbocycles. The first-order valence-electron chi connectivity index (χ1n) is 49.2. The summed E-state index contributed by atoms with van der Waals surface area (Å²) in [5.74, 6) is 3.63. The van der Waals surface area contributed by atoms with Crippen molar-refractivity contribution >= 4 is 171 Å². The molecule has 16 aromatic rings. The van der Waals surface area contributed by atoms with Gasteiger partial charge in [0.15, 0.2) is 0 Å². The molecule has 664 valence electrons. The summed E-state index contributed by atoms with van der Waals surface area (Å²) in [6, 6.07) is 72.5. The van der Waals surface area contributed by atoms with Gasteiger partial charge in [-0.1, -0.05) is 156 Å². The van der Waals surface area contributed by atoms with E-state index < -0.39 is 0 Å².